The van der Waals surface area contributed by atoms with Crippen LogP contribution >= 0.6 is 0 Å². The van der Waals surface area contributed by atoms with Gasteiger partial charge < -0.3 is 14.5 Å². The number of hydrogen-bond donors (Lipinski definition) is 0. The Morgan fingerprint density at radius 3 is 2.88 bits per heavy atom. The van der Waals surface area contributed by atoms with Crippen molar-refractivity contribution >= 4 is 11.9 Å². The molecule has 3 rings (SSSR count). The van der Waals surface area contributed by atoms with Crippen LogP contribution in [0.15, 0.2) is 30.5 Å². The van der Waals surface area contributed by atoms with Gasteiger partial charge in [-0.15, -0.1) is 0 Å². The molecule has 0 aliphatic carbocycles. The van der Waals surface area contributed by atoms with Crippen LogP contribution in [-0.4, -0.2) is 48.5 Å². The summed E-state index contributed by atoms with van der Waals surface area (Å²) >= 11 is 0. The van der Waals surface area contributed by atoms with Crippen molar-refractivity contribution in [1.29, 1.82) is 0 Å². The number of aromatic nitrogens is 2. The number of methoxy groups -OCH3 is 1. The molecule has 0 radical (unpaired) electrons. The molecule has 0 N–H and O–H groups in total. The Hall–Kier alpha value is -2.63. The zero-order valence-electron chi connectivity index (χ0n) is 15.9. The molecular formula is C20H26N4O2. The maximum atomic E-state index is 12.4. The highest BCUT2D eigenvalue weighted by Crippen LogP contribution is 2.38. The molecule has 138 valence electrons. The summed E-state index contributed by atoms with van der Waals surface area (Å²) in [4.78, 5) is 25.6. The number of carbonyl (C=O) groups is 1. The zero-order valence-corrected chi connectivity index (χ0v) is 15.9. The van der Waals surface area contributed by atoms with Crippen LogP contribution in [0.3, 0.4) is 0 Å². The minimum atomic E-state index is -0.00893. The fraction of sp³-hybridized carbons (Fsp3) is 0.450. The third-order valence-corrected chi connectivity index (χ3v) is 4.78. The van der Waals surface area contributed by atoms with Crippen molar-refractivity contribution in [3.8, 4) is 16.9 Å². The summed E-state index contributed by atoms with van der Waals surface area (Å²) < 4.78 is 5.37. The van der Waals surface area contributed by atoms with Gasteiger partial charge >= 0.3 is 0 Å². The largest absolute Gasteiger partial charge is 0.497 e. The lowest BCUT2D eigenvalue weighted by Crippen LogP contribution is -2.31. The van der Waals surface area contributed by atoms with Crippen molar-refractivity contribution in [3.05, 3.63) is 36.2 Å². The fourth-order valence-corrected chi connectivity index (χ4v) is 3.42. The molecule has 1 aromatic carbocycles. The van der Waals surface area contributed by atoms with Gasteiger partial charge in [-0.1, -0.05) is 19.1 Å². The van der Waals surface area contributed by atoms with Crippen LogP contribution in [0.25, 0.3) is 11.1 Å². The fourth-order valence-electron chi connectivity index (χ4n) is 3.42. The number of likely N-dealkylation sites (tertiary alicyclic amines) is 1. The van der Waals surface area contributed by atoms with Crippen LogP contribution in [0.4, 0.5) is 5.95 Å². The SMILES string of the molecule is CCC(=O)N1CCCC1c1nc(N(C)C)ncc1-c1cccc(OC)c1. The first kappa shape index (κ1) is 18.2. The van der Waals surface area contributed by atoms with E-state index in [1.807, 2.05) is 61.3 Å². The van der Waals surface area contributed by atoms with E-state index in [0.717, 1.165) is 42.0 Å². The molecule has 0 spiro atoms. The molecule has 2 aromatic rings. The van der Waals surface area contributed by atoms with Crippen LogP contribution in [0.5, 0.6) is 5.75 Å². The Bertz CT molecular complexity index is 791. The smallest absolute Gasteiger partial charge is 0.225 e. The molecule has 26 heavy (non-hydrogen) atoms. The summed E-state index contributed by atoms with van der Waals surface area (Å²) in [6.45, 7) is 2.70. The molecule has 1 aliphatic heterocycles. The molecule has 6 heteroatoms. The Morgan fingerprint density at radius 2 is 2.19 bits per heavy atom. The van der Waals surface area contributed by atoms with Crippen molar-refractivity contribution in [1.82, 2.24) is 14.9 Å². The van der Waals surface area contributed by atoms with Gasteiger partial charge in [-0.25, -0.2) is 9.97 Å². The van der Waals surface area contributed by atoms with E-state index in [0.29, 0.717) is 12.4 Å². The van der Waals surface area contributed by atoms with Crippen molar-refractivity contribution in [3.63, 3.8) is 0 Å². The van der Waals surface area contributed by atoms with Gasteiger partial charge in [-0.3, -0.25) is 4.79 Å². The predicted molar refractivity (Wildman–Crippen MR) is 102 cm³/mol. The van der Waals surface area contributed by atoms with Crippen LogP contribution in [0, 0.1) is 0 Å². The van der Waals surface area contributed by atoms with E-state index < -0.39 is 0 Å². The number of benzene rings is 1. The molecule has 0 bridgehead atoms. The number of carbonyl (C=O) groups excluding carboxylic acids is 1. The summed E-state index contributed by atoms with van der Waals surface area (Å²) in [5.74, 6) is 1.62. The van der Waals surface area contributed by atoms with Gasteiger partial charge in [0.25, 0.3) is 0 Å². The maximum Gasteiger partial charge on any atom is 0.225 e. The number of hydrogen-bond acceptors (Lipinski definition) is 5. The second kappa shape index (κ2) is 7.72. The number of rotatable bonds is 5. The lowest BCUT2D eigenvalue weighted by Gasteiger charge is -2.26. The van der Waals surface area contributed by atoms with Gasteiger partial charge in [-0.05, 0) is 30.5 Å². The van der Waals surface area contributed by atoms with Crippen molar-refractivity contribution < 1.29 is 9.53 Å². The van der Waals surface area contributed by atoms with E-state index in [1.54, 1.807) is 7.11 Å². The molecule has 1 amide bonds. The topological polar surface area (TPSA) is 58.6 Å². The Kier molecular flexibility index (Phi) is 5.40. The molecular weight excluding hydrogens is 328 g/mol. The Morgan fingerprint density at radius 1 is 1.38 bits per heavy atom. The van der Waals surface area contributed by atoms with E-state index in [1.165, 1.54) is 0 Å². The number of ether oxygens (including phenoxy) is 1. The van der Waals surface area contributed by atoms with Gasteiger partial charge in [0.15, 0.2) is 0 Å². The molecule has 1 fully saturated rings. The second-order valence-corrected chi connectivity index (χ2v) is 6.69. The maximum absolute atomic E-state index is 12.4. The summed E-state index contributed by atoms with van der Waals surface area (Å²) in [6.07, 6.45) is 4.29. The van der Waals surface area contributed by atoms with E-state index >= 15 is 0 Å². The van der Waals surface area contributed by atoms with Crippen molar-refractivity contribution in [2.75, 3.05) is 32.6 Å². The molecule has 1 saturated heterocycles. The molecule has 6 nitrogen and oxygen atoms in total. The highest BCUT2D eigenvalue weighted by molar-refractivity contribution is 5.77. The third kappa shape index (κ3) is 3.49. The molecule has 1 unspecified atom stereocenters. The second-order valence-electron chi connectivity index (χ2n) is 6.69. The van der Waals surface area contributed by atoms with Crippen molar-refractivity contribution in [2.24, 2.45) is 0 Å². The molecule has 1 aliphatic rings. The van der Waals surface area contributed by atoms with Crippen LogP contribution < -0.4 is 9.64 Å². The van der Waals surface area contributed by atoms with Gasteiger partial charge in [0.05, 0.1) is 18.8 Å². The Labute approximate surface area is 154 Å². The number of anilines is 1. The first-order valence-corrected chi connectivity index (χ1v) is 9.03. The first-order chi connectivity index (χ1) is 12.5. The molecule has 0 saturated carbocycles. The third-order valence-electron chi connectivity index (χ3n) is 4.78. The summed E-state index contributed by atoms with van der Waals surface area (Å²) in [5.41, 5.74) is 2.87. The highest BCUT2D eigenvalue weighted by atomic mass is 16.5. The van der Waals surface area contributed by atoms with Crippen molar-refractivity contribution in [2.45, 2.75) is 32.2 Å². The lowest BCUT2D eigenvalue weighted by atomic mass is 9.99. The Balaban J connectivity index is 2.11. The van der Waals surface area contributed by atoms with Gasteiger partial charge in [-0.2, -0.15) is 0 Å². The van der Waals surface area contributed by atoms with E-state index in [-0.39, 0.29) is 11.9 Å². The normalized spacial score (nSPS) is 16.6. The standard InChI is InChI=1S/C20H26N4O2/c1-5-18(25)24-11-7-10-17(24)19-16(13-21-20(22-19)23(2)3)14-8-6-9-15(12-14)26-4/h6,8-9,12-13,17H,5,7,10-11H2,1-4H3. The zero-order chi connectivity index (χ0) is 18.7. The highest BCUT2D eigenvalue weighted by Gasteiger charge is 2.32. The van der Waals surface area contributed by atoms with E-state index in [2.05, 4.69) is 4.98 Å². The van der Waals surface area contributed by atoms with Gasteiger partial charge in [0.2, 0.25) is 11.9 Å². The summed E-state index contributed by atoms with van der Waals surface area (Å²) in [7, 11) is 5.51. The summed E-state index contributed by atoms with van der Waals surface area (Å²) in [6, 6.07) is 7.88. The molecule has 2 heterocycles. The number of amides is 1. The first-order valence-electron chi connectivity index (χ1n) is 9.03. The summed E-state index contributed by atoms with van der Waals surface area (Å²) in [5, 5.41) is 0. The van der Waals surface area contributed by atoms with E-state index in [4.69, 9.17) is 9.72 Å². The number of nitrogens with zero attached hydrogens (tertiary/aromatic N) is 4. The molecule has 1 atom stereocenters. The average Bonchev–Trinajstić information content (AvgIpc) is 3.16. The monoisotopic (exact) mass is 354 g/mol. The van der Waals surface area contributed by atoms with Crippen LogP contribution in [0.1, 0.15) is 37.9 Å². The average molecular weight is 354 g/mol. The van der Waals surface area contributed by atoms with E-state index in [9.17, 15) is 4.79 Å². The lowest BCUT2D eigenvalue weighted by molar-refractivity contribution is -0.131. The quantitative estimate of drug-likeness (QED) is 0.825. The van der Waals surface area contributed by atoms with Crippen LogP contribution in [-0.2, 0) is 4.79 Å². The predicted octanol–water partition coefficient (Wildman–Crippen LogP) is 3.29. The van der Waals surface area contributed by atoms with Gasteiger partial charge in [0.1, 0.15) is 5.75 Å². The minimum Gasteiger partial charge on any atom is -0.497 e. The minimum absolute atomic E-state index is 0.00893. The van der Waals surface area contributed by atoms with Gasteiger partial charge in [0, 0.05) is 38.8 Å². The van der Waals surface area contributed by atoms with Crippen LogP contribution in [0.2, 0.25) is 0 Å². The molecule has 1 aromatic heterocycles.